The highest BCUT2D eigenvalue weighted by molar-refractivity contribution is 8.18. The summed E-state index contributed by atoms with van der Waals surface area (Å²) in [7, 11) is 4.77. The molecule has 0 aromatic heterocycles. The second-order valence-electron chi connectivity index (χ2n) is 5.60. The maximum Gasteiger partial charge on any atom is 0.264 e. The van der Waals surface area contributed by atoms with Crippen molar-refractivity contribution in [2.45, 2.75) is 0 Å². The van der Waals surface area contributed by atoms with Crippen molar-refractivity contribution >= 4 is 35.1 Å². The van der Waals surface area contributed by atoms with Crippen molar-refractivity contribution < 1.29 is 19.0 Å². The summed E-state index contributed by atoms with van der Waals surface area (Å²) in [6.45, 7) is 0. The van der Waals surface area contributed by atoms with Gasteiger partial charge in [0.2, 0.25) is 0 Å². The van der Waals surface area contributed by atoms with Crippen molar-refractivity contribution in [2.24, 2.45) is 10.2 Å². The lowest BCUT2D eigenvalue weighted by atomic mass is 10.1. The molecule has 0 saturated carbocycles. The molecule has 28 heavy (non-hydrogen) atoms. The Kier molecular flexibility index (Phi) is 6.33. The lowest BCUT2D eigenvalue weighted by Gasteiger charge is -2.07. The van der Waals surface area contributed by atoms with Crippen LogP contribution in [0.5, 0.6) is 17.2 Å². The average molecular weight is 397 g/mol. The van der Waals surface area contributed by atoms with Crippen molar-refractivity contribution in [3.8, 4) is 17.2 Å². The van der Waals surface area contributed by atoms with E-state index in [-0.39, 0.29) is 5.91 Å². The van der Waals surface area contributed by atoms with E-state index < -0.39 is 0 Å². The zero-order valence-electron chi connectivity index (χ0n) is 15.6. The number of amides is 1. The van der Waals surface area contributed by atoms with Gasteiger partial charge < -0.3 is 14.2 Å². The van der Waals surface area contributed by atoms with Crippen LogP contribution in [0, 0.1) is 0 Å². The first-order valence-electron chi connectivity index (χ1n) is 8.31. The van der Waals surface area contributed by atoms with E-state index in [1.165, 1.54) is 11.8 Å². The second-order valence-corrected chi connectivity index (χ2v) is 6.63. The number of hydrogen-bond acceptors (Lipinski definition) is 7. The van der Waals surface area contributed by atoms with Crippen LogP contribution in [0.2, 0.25) is 0 Å². The molecule has 0 atom stereocenters. The van der Waals surface area contributed by atoms with Gasteiger partial charge in [-0.2, -0.15) is 5.10 Å². The van der Waals surface area contributed by atoms with Gasteiger partial charge in [-0.1, -0.05) is 0 Å². The van der Waals surface area contributed by atoms with Gasteiger partial charge in [0.25, 0.3) is 5.91 Å². The van der Waals surface area contributed by atoms with E-state index in [2.05, 4.69) is 15.5 Å². The number of nitrogens with zero attached hydrogens (tertiary/aromatic N) is 2. The molecule has 144 valence electrons. The third-order valence-corrected chi connectivity index (χ3v) is 4.75. The summed E-state index contributed by atoms with van der Waals surface area (Å²) < 4.78 is 15.7. The summed E-state index contributed by atoms with van der Waals surface area (Å²) in [5, 5.41) is 11.2. The molecule has 1 aliphatic rings. The number of ether oxygens (including phenoxy) is 3. The molecule has 1 aliphatic heterocycles. The van der Waals surface area contributed by atoms with Gasteiger partial charge in [-0.3, -0.25) is 10.1 Å². The van der Waals surface area contributed by atoms with Crippen LogP contribution >= 0.6 is 11.8 Å². The number of carbonyl (C=O) groups excluding carboxylic acids is 1. The molecule has 3 rings (SSSR count). The zero-order valence-corrected chi connectivity index (χ0v) is 16.4. The average Bonchev–Trinajstić information content (AvgIpc) is 3.08. The number of benzene rings is 2. The molecule has 1 amide bonds. The molecule has 1 fully saturated rings. The van der Waals surface area contributed by atoms with E-state index >= 15 is 0 Å². The molecule has 7 nitrogen and oxygen atoms in total. The van der Waals surface area contributed by atoms with Crippen LogP contribution in [0.15, 0.2) is 57.6 Å². The standard InChI is InChI=1S/C20H19N3O4S/c1-25-15-7-4-13(5-8-15)12-21-23-20-22-19(24)18(28-20)10-14-6-9-16(26-2)11-17(14)27-3/h4-12H,1-3H3,(H,22,23,24)/b18-10+,21-12+. The Labute approximate surface area is 167 Å². The van der Waals surface area contributed by atoms with Crippen LogP contribution in [-0.2, 0) is 4.79 Å². The molecule has 1 heterocycles. The first kappa shape index (κ1) is 19.5. The van der Waals surface area contributed by atoms with Gasteiger partial charge in [0.05, 0.1) is 32.4 Å². The highest BCUT2D eigenvalue weighted by atomic mass is 32.2. The molecular weight excluding hydrogens is 378 g/mol. The van der Waals surface area contributed by atoms with Crippen molar-refractivity contribution in [3.05, 3.63) is 58.5 Å². The summed E-state index contributed by atoms with van der Waals surface area (Å²) in [4.78, 5) is 12.7. The predicted molar refractivity (Wildman–Crippen MR) is 111 cm³/mol. The van der Waals surface area contributed by atoms with Crippen molar-refractivity contribution in [1.29, 1.82) is 0 Å². The van der Waals surface area contributed by atoms with Crippen LogP contribution in [0.4, 0.5) is 0 Å². The minimum Gasteiger partial charge on any atom is -0.497 e. The normalized spacial score (nSPS) is 16.6. The third kappa shape index (κ3) is 4.72. The predicted octanol–water partition coefficient (Wildman–Crippen LogP) is 3.31. The number of nitrogens with one attached hydrogen (secondary N) is 1. The van der Waals surface area contributed by atoms with Gasteiger partial charge in [0.15, 0.2) is 5.17 Å². The van der Waals surface area contributed by atoms with Gasteiger partial charge >= 0.3 is 0 Å². The second kappa shape index (κ2) is 9.09. The number of rotatable bonds is 6. The largest absolute Gasteiger partial charge is 0.497 e. The van der Waals surface area contributed by atoms with Crippen LogP contribution in [0.25, 0.3) is 6.08 Å². The molecule has 0 unspecified atom stereocenters. The van der Waals surface area contributed by atoms with Gasteiger partial charge in [0.1, 0.15) is 17.2 Å². The van der Waals surface area contributed by atoms with Crippen LogP contribution < -0.4 is 19.5 Å². The van der Waals surface area contributed by atoms with Gasteiger partial charge in [0, 0.05) is 11.6 Å². The molecule has 0 spiro atoms. The minimum atomic E-state index is -0.235. The van der Waals surface area contributed by atoms with Gasteiger partial charge in [-0.15, -0.1) is 5.10 Å². The summed E-state index contributed by atoms with van der Waals surface area (Å²) in [6, 6.07) is 12.8. The smallest absolute Gasteiger partial charge is 0.264 e. The molecular formula is C20H19N3O4S. The zero-order chi connectivity index (χ0) is 19.9. The SMILES string of the molecule is COc1ccc(/C=N/N=C2\NC(=O)/C(=C\c3ccc(OC)cc3OC)S2)cc1. The van der Waals surface area contributed by atoms with E-state index in [0.717, 1.165) is 16.9 Å². The fourth-order valence-electron chi connectivity index (χ4n) is 2.39. The topological polar surface area (TPSA) is 81.5 Å². The first-order chi connectivity index (χ1) is 13.6. The Balaban J connectivity index is 1.73. The molecule has 8 heteroatoms. The fourth-order valence-corrected chi connectivity index (χ4v) is 3.16. The summed E-state index contributed by atoms with van der Waals surface area (Å²) in [6.07, 6.45) is 3.35. The molecule has 0 bridgehead atoms. The van der Waals surface area contributed by atoms with E-state index in [4.69, 9.17) is 14.2 Å². The Hall–Kier alpha value is -3.26. The van der Waals surface area contributed by atoms with E-state index in [1.807, 2.05) is 30.3 Å². The van der Waals surface area contributed by atoms with E-state index in [1.54, 1.807) is 45.8 Å². The molecule has 1 N–H and O–H groups in total. The van der Waals surface area contributed by atoms with Crippen molar-refractivity contribution in [3.63, 3.8) is 0 Å². The molecule has 1 saturated heterocycles. The highest BCUT2D eigenvalue weighted by Gasteiger charge is 2.24. The lowest BCUT2D eigenvalue weighted by Crippen LogP contribution is -2.19. The molecule has 2 aromatic carbocycles. The number of methoxy groups -OCH3 is 3. The number of thioether (sulfide) groups is 1. The third-order valence-electron chi connectivity index (χ3n) is 3.85. The van der Waals surface area contributed by atoms with Crippen molar-refractivity contribution in [1.82, 2.24) is 5.32 Å². The van der Waals surface area contributed by atoms with Crippen molar-refractivity contribution in [2.75, 3.05) is 21.3 Å². The molecule has 0 aliphatic carbocycles. The summed E-state index contributed by atoms with van der Waals surface area (Å²) in [5.74, 6) is 1.83. The first-order valence-corrected chi connectivity index (χ1v) is 9.12. The Morgan fingerprint density at radius 2 is 1.68 bits per heavy atom. The number of carbonyl (C=O) groups is 1. The Morgan fingerprint density at radius 3 is 2.36 bits per heavy atom. The van der Waals surface area contributed by atoms with Gasteiger partial charge in [-0.05, 0) is 59.8 Å². The summed E-state index contributed by atoms with van der Waals surface area (Å²) in [5.41, 5.74) is 1.64. The Morgan fingerprint density at radius 1 is 0.964 bits per heavy atom. The molecule has 2 aromatic rings. The van der Waals surface area contributed by atoms with Crippen LogP contribution in [-0.4, -0.2) is 38.6 Å². The number of hydrogen-bond donors (Lipinski definition) is 1. The van der Waals surface area contributed by atoms with Crippen LogP contribution in [0.1, 0.15) is 11.1 Å². The fraction of sp³-hybridized carbons (Fsp3) is 0.150. The van der Waals surface area contributed by atoms with Crippen LogP contribution in [0.3, 0.4) is 0 Å². The molecule has 0 radical (unpaired) electrons. The quantitative estimate of drug-likeness (QED) is 0.459. The summed E-state index contributed by atoms with van der Waals surface area (Å²) >= 11 is 1.21. The van der Waals surface area contributed by atoms with Gasteiger partial charge in [-0.25, -0.2) is 0 Å². The lowest BCUT2D eigenvalue weighted by molar-refractivity contribution is -0.115. The van der Waals surface area contributed by atoms with E-state index in [0.29, 0.717) is 21.6 Å². The monoisotopic (exact) mass is 397 g/mol. The van der Waals surface area contributed by atoms with E-state index in [9.17, 15) is 4.79 Å². The minimum absolute atomic E-state index is 0.235. The highest BCUT2D eigenvalue weighted by Crippen LogP contribution is 2.31. The Bertz CT molecular complexity index is 952. The maximum atomic E-state index is 12.2. The maximum absolute atomic E-state index is 12.2. The number of amidine groups is 1.